The number of imidazole rings is 2. The van der Waals surface area contributed by atoms with E-state index in [1.807, 2.05) is 79.2 Å². The first-order chi connectivity index (χ1) is 23.5. The summed E-state index contributed by atoms with van der Waals surface area (Å²) in [7, 11) is 0. The van der Waals surface area contributed by atoms with Crippen molar-refractivity contribution in [3.8, 4) is 23.1 Å². The highest BCUT2D eigenvalue weighted by molar-refractivity contribution is 5.87. The summed E-state index contributed by atoms with van der Waals surface area (Å²) in [5, 5.41) is 2.83. The zero-order chi connectivity index (χ0) is 34.8. The van der Waals surface area contributed by atoms with Crippen LogP contribution in [0.1, 0.15) is 102 Å². The lowest BCUT2D eigenvalue weighted by atomic mass is 9.96. The van der Waals surface area contributed by atoms with Gasteiger partial charge in [-0.25, -0.2) is 9.97 Å². The quantitative estimate of drug-likeness (QED) is 0.196. The van der Waals surface area contributed by atoms with Crippen molar-refractivity contribution in [2.24, 2.45) is 17.8 Å². The van der Waals surface area contributed by atoms with Gasteiger partial charge in [0.05, 0.1) is 28.8 Å². The minimum absolute atomic E-state index is 0.0154. The number of nitrogens with one attached hydrogen (secondary N) is 3. The number of aromatic amines is 2. The van der Waals surface area contributed by atoms with Crippen LogP contribution in [0.5, 0.6) is 0 Å². The number of H-pyrrole nitrogens is 2. The lowest BCUT2D eigenvalue weighted by Gasteiger charge is -2.30. The molecule has 2 aliphatic heterocycles. The molecule has 0 saturated carbocycles. The number of carbonyl (C=O) groups is 3. The zero-order valence-electron chi connectivity index (χ0n) is 29.3. The fourth-order valence-corrected chi connectivity index (χ4v) is 6.87. The molecule has 4 heterocycles. The molecule has 0 radical (unpaired) electrons. The lowest BCUT2D eigenvalue weighted by molar-refractivity contribution is -0.138. The standard InChI is InChI=1S/C39H47N7O3/c1-23(2)25(5)38(48)45-19-8-10-34(45)37-42-30-18-15-28(21-31(30)43-37)12-11-27-13-16-29(17-14-27)32-22-40-36(44-32)33-9-7-20-46(33)39(49)35(24(3)4)41-26(6)47/h13-18,21-25,33-35H,7-10,19-20H2,1-6H3,(H,40,44)(H,41,47)(H,42,43)/t25-,33-,34-,35-/m0/s1. The minimum atomic E-state index is -0.557. The molecule has 49 heavy (non-hydrogen) atoms. The Bertz CT molecular complexity index is 1890. The van der Waals surface area contributed by atoms with Gasteiger partial charge in [0.15, 0.2) is 0 Å². The largest absolute Gasteiger partial charge is 0.346 e. The van der Waals surface area contributed by atoms with Crippen molar-refractivity contribution in [1.82, 2.24) is 35.1 Å². The van der Waals surface area contributed by atoms with Crippen molar-refractivity contribution in [2.75, 3.05) is 13.1 Å². The van der Waals surface area contributed by atoms with Crippen LogP contribution in [-0.4, -0.2) is 66.6 Å². The van der Waals surface area contributed by atoms with E-state index in [0.717, 1.165) is 77.3 Å². The summed E-state index contributed by atoms with van der Waals surface area (Å²) in [6.07, 6.45) is 5.48. The smallest absolute Gasteiger partial charge is 0.246 e. The second kappa shape index (κ2) is 14.3. The highest BCUT2D eigenvalue weighted by Gasteiger charge is 2.37. The fourth-order valence-electron chi connectivity index (χ4n) is 6.87. The Hall–Kier alpha value is -4.91. The van der Waals surface area contributed by atoms with Crippen LogP contribution in [-0.2, 0) is 14.4 Å². The van der Waals surface area contributed by atoms with Gasteiger partial charge in [0.1, 0.15) is 17.7 Å². The summed E-state index contributed by atoms with van der Waals surface area (Å²) in [5.41, 5.74) is 5.30. The maximum atomic E-state index is 13.4. The van der Waals surface area contributed by atoms with E-state index >= 15 is 0 Å². The predicted octanol–water partition coefficient (Wildman–Crippen LogP) is 6.13. The summed E-state index contributed by atoms with van der Waals surface area (Å²) >= 11 is 0. The molecular formula is C39H47N7O3. The molecule has 0 bridgehead atoms. The molecule has 256 valence electrons. The van der Waals surface area contributed by atoms with Crippen molar-refractivity contribution >= 4 is 28.8 Å². The number of nitrogens with zero attached hydrogens (tertiary/aromatic N) is 4. The van der Waals surface area contributed by atoms with Gasteiger partial charge >= 0.3 is 0 Å². The highest BCUT2D eigenvalue weighted by atomic mass is 16.2. The third kappa shape index (κ3) is 7.26. The summed E-state index contributed by atoms with van der Waals surface area (Å²) in [4.78, 5) is 58.7. The van der Waals surface area contributed by atoms with Gasteiger partial charge in [-0.1, -0.05) is 58.6 Å². The van der Waals surface area contributed by atoms with Crippen LogP contribution in [0.3, 0.4) is 0 Å². The Morgan fingerprint density at radius 1 is 0.816 bits per heavy atom. The van der Waals surface area contributed by atoms with E-state index < -0.39 is 6.04 Å². The summed E-state index contributed by atoms with van der Waals surface area (Å²) in [6, 6.07) is 13.2. The van der Waals surface area contributed by atoms with Gasteiger partial charge in [-0.05, 0) is 67.9 Å². The van der Waals surface area contributed by atoms with Crippen LogP contribution in [0.2, 0.25) is 0 Å². The number of fused-ring (bicyclic) bond motifs is 1. The van der Waals surface area contributed by atoms with Crippen LogP contribution in [0, 0.1) is 29.6 Å². The van der Waals surface area contributed by atoms with E-state index in [4.69, 9.17) is 9.97 Å². The van der Waals surface area contributed by atoms with Crippen molar-refractivity contribution in [2.45, 2.75) is 85.4 Å². The minimum Gasteiger partial charge on any atom is -0.346 e. The molecule has 10 nitrogen and oxygen atoms in total. The molecule has 3 amide bonds. The van der Waals surface area contributed by atoms with Gasteiger partial charge in [0, 0.05) is 48.8 Å². The molecule has 3 N–H and O–H groups in total. The molecule has 0 spiro atoms. The molecule has 2 saturated heterocycles. The fraction of sp³-hybridized carbons (Fsp3) is 0.462. The van der Waals surface area contributed by atoms with E-state index in [-0.39, 0.29) is 41.6 Å². The molecule has 4 atom stereocenters. The average Bonchev–Trinajstić information content (AvgIpc) is 3.90. The van der Waals surface area contributed by atoms with Gasteiger partial charge in [0.25, 0.3) is 0 Å². The van der Waals surface area contributed by atoms with E-state index in [1.54, 1.807) is 0 Å². The number of benzene rings is 2. The molecule has 6 rings (SSSR count). The van der Waals surface area contributed by atoms with Crippen LogP contribution >= 0.6 is 0 Å². The zero-order valence-corrected chi connectivity index (χ0v) is 29.3. The number of amides is 3. The van der Waals surface area contributed by atoms with Crippen LogP contribution in [0.25, 0.3) is 22.3 Å². The highest BCUT2D eigenvalue weighted by Crippen LogP contribution is 2.34. The Labute approximate surface area is 288 Å². The van der Waals surface area contributed by atoms with Gasteiger partial charge in [-0.2, -0.15) is 0 Å². The Balaban J connectivity index is 1.13. The summed E-state index contributed by atoms with van der Waals surface area (Å²) in [6.45, 7) is 13.0. The second-order valence-electron chi connectivity index (χ2n) is 14.2. The molecule has 4 aromatic rings. The van der Waals surface area contributed by atoms with Gasteiger partial charge in [-0.15, -0.1) is 0 Å². The molecule has 2 aromatic carbocycles. The monoisotopic (exact) mass is 661 g/mol. The van der Waals surface area contributed by atoms with Gasteiger partial charge in [-0.3, -0.25) is 14.4 Å². The predicted molar refractivity (Wildman–Crippen MR) is 190 cm³/mol. The molecule has 2 fully saturated rings. The third-order valence-corrected chi connectivity index (χ3v) is 10.0. The third-order valence-electron chi connectivity index (χ3n) is 10.0. The number of hydrogen-bond donors (Lipinski definition) is 3. The van der Waals surface area contributed by atoms with E-state index in [0.29, 0.717) is 12.5 Å². The molecule has 2 aromatic heterocycles. The molecule has 0 unspecified atom stereocenters. The Morgan fingerprint density at radius 2 is 1.45 bits per heavy atom. The number of likely N-dealkylation sites (tertiary alicyclic amines) is 2. The Morgan fingerprint density at radius 3 is 2.10 bits per heavy atom. The van der Waals surface area contributed by atoms with Crippen LogP contribution in [0.15, 0.2) is 48.7 Å². The first-order valence-electron chi connectivity index (χ1n) is 17.6. The summed E-state index contributed by atoms with van der Waals surface area (Å²) in [5.74, 6) is 8.34. The van der Waals surface area contributed by atoms with Crippen LogP contribution in [0.4, 0.5) is 0 Å². The van der Waals surface area contributed by atoms with Crippen LogP contribution < -0.4 is 5.32 Å². The topological polar surface area (TPSA) is 127 Å². The molecule has 10 heteroatoms. The van der Waals surface area contributed by atoms with Crippen molar-refractivity contribution < 1.29 is 14.4 Å². The van der Waals surface area contributed by atoms with Crippen molar-refractivity contribution in [3.63, 3.8) is 0 Å². The van der Waals surface area contributed by atoms with Gasteiger partial charge in [0.2, 0.25) is 17.7 Å². The molecule has 0 aliphatic carbocycles. The SMILES string of the molecule is CC(=O)N[C@H](C(=O)N1CCC[C@H]1c1nc(-c2ccc(C#Cc3ccc4[nH]c([C@@H]5CCCN5C(=O)[C@@H](C)C(C)C)nc4c3)cc2)c[nH]1)C(C)C. The number of carbonyl (C=O) groups excluding carboxylic acids is 3. The molecular weight excluding hydrogens is 614 g/mol. The maximum absolute atomic E-state index is 13.4. The van der Waals surface area contributed by atoms with Crippen molar-refractivity contribution in [3.05, 3.63) is 71.4 Å². The number of rotatable bonds is 8. The lowest BCUT2D eigenvalue weighted by Crippen LogP contribution is -2.50. The second-order valence-corrected chi connectivity index (χ2v) is 14.2. The normalized spacial score (nSPS) is 18.9. The van der Waals surface area contributed by atoms with E-state index in [2.05, 4.69) is 41.0 Å². The first kappa shape index (κ1) is 34.0. The number of aromatic nitrogens is 4. The Kier molecular flexibility index (Phi) is 9.91. The molecule has 2 aliphatic rings. The van der Waals surface area contributed by atoms with E-state index in [1.165, 1.54) is 6.92 Å². The summed E-state index contributed by atoms with van der Waals surface area (Å²) < 4.78 is 0. The van der Waals surface area contributed by atoms with E-state index in [9.17, 15) is 14.4 Å². The van der Waals surface area contributed by atoms with Crippen molar-refractivity contribution in [1.29, 1.82) is 0 Å². The average molecular weight is 662 g/mol. The first-order valence-corrected chi connectivity index (χ1v) is 17.6. The van der Waals surface area contributed by atoms with Gasteiger partial charge < -0.3 is 25.1 Å². The maximum Gasteiger partial charge on any atom is 0.246 e. The number of hydrogen-bond acceptors (Lipinski definition) is 5.